The van der Waals surface area contributed by atoms with E-state index in [1.807, 2.05) is 0 Å². The lowest BCUT2D eigenvalue weighted by Gasteiger charge is -2.42. The zero-order chi connectivity index (χ0) is 20.0. The SMILES string of the molecule is O=C(O)O[C@H]1CCCN2C(=O)CC[C@H](N3C(=O)c4ccccc4C3=O)C(=O)N12. The van der Waals surface area contributed by atoms with Crippen LogP contribution in [-0.2, 0) is 14.3 Å². The van der Waals surface area contributed by atoms with E-state index in [0.29, 0.717) is 6.42 Å². The predicted molar refractivity (Wildman–Crippen MR) is 90.7 cm³/mol. The first-order valence-corrected chi connectivity index (χ1v) is 8.90. The lowest BCUT2D eigenvalue weighted by atomic mass is 10.1. The molecule has 0 saturated carbocycles. The minimum atomic E-state index is -1.58. The maximum Gasteiger partial charge on any atom is 0.507 e. The monoisotopic (exact) mass is 387 g/mol. The number of hydrogen-bond acceptors (Lipinski definition) is 6. The summed E-state index contributed by atoms with van der Waals surface area (Å²) in [6.45, 7) is 0.235. The number of fused-ring (bicyclic) bond motifs is 2. The van der Waals surface area contributed by atoms with Gasteiger partial charge >= 0.3 is 6.16 Å². The lowest BCUT2D eigenvalue weighted by molar-refractivity contribution is -0.197. The summed E-state index contributed by atoms with van der Waals surface area (Å²) < 4.78 is 4.80. The summed E-state index contributed by atoms with van der Waals surface area (Å²) >= 11 is 0. The minimum absolute atomic E-state index is 0.0318. The van der Waals surface area contributed by atoms with Crippen LogP contribution in [-0.4, -0.2) is 68.6 Å². The maximum absolute atomic E-state index is 13.3. The molecule has 10 heteroatoms. The average molecular weight is 387 g/mol. The third-order valence-electron chi connectivity index (χ3n) is 5.16. The van der Waals surface area contributed by atoms with Crippen LogP contribution in [0, 0.1) is 0 Å². The van der Waals surface area contributed by atoms with Gasteiger partial charge in [0.05, 0.1) is 11.1 Å². The quantitative estimate of drug-likeness (QED) is 0.589. The Bertz CT molecular complexity index is 864. The molecule has 2 saturated heterocycles. The zero-order valence-electron chi connectivity index (χ0n) is 14.7. The Balaban J connectivity index is 1.70. The van der Waals surface area contributed by atoms with Crippen LogP contribution in [0.25, 0.3) is 0 Å². The van der Waals surface area contributed by atoms with Gasteiger partial charge in [-0.25, -0.2) is 14.8 Å². The first kappa shape index (κ1) is 18.0. The fourth-order valence-electron chi connectivity index (χ4n) is 3.93. The van der Waals surface area contributed by atoms with Crippen molar-refractivity contribution < 1.29 is 33.8 Å². The van der Waals surface area contributed by atoms with Gasteiger partial charge in [0, 0.05) is 19.4 Å². The highest BCUT2D eigenvalue weighted by molar-refractivity contribution is 6.23. The minimum Gasteiger partial charge on any atom is -0.450 e. The van der Waals surface area contributed by atoms with Gasteiger partial charge in [-0.1, -0.05) is 12.1 Å². The van der Waals surface area contributed by atoms with Crippen molar-refractivity contribution in [3.63, 3.8) is 0 Å². The maximum atomic E-state index is 13.3. The molecule has 1 aromatic carbocycles. The van der Waals surface area contributed by atoms with Crippen LogP contribution in [0.1, 0.15) is 46.4 Å². The molecule has 28 heavy (non-hydrogen) atoms. The third-order valence-corrected chi connectivity index (χ3v) is 5.16. The molecule has 146 valence electrons. The van der Waals surface area contributed by atoms with E-state index in [1.54, 1.807) is 12.1 Å². The molecule has 3 aliphatic rings. The van der Waals surface area contributed by atoms with Crippen molar-refractivity contribution in [2.24, 2.45) is 0 Å². The molecular formula is C18H17N3O7. The molecule has 3 heterocycles. The van der Waals surface area contributed by atoms with E-state index in [4.69, 9.17) is 9.84 Å². The van der Waals surface area contributed by atoms with Crippen molar-refractivity contribution >= 4 is 29.8 Å². The number of ether oxygens (including phenoxy) is 1. The first-order valence-electron chi connectivity index (χ1n) is 8.90. The van der Waals surface area contributed by atoms with Gasteiger partial charge in [0.2, 0.25) is 5.91 Å². The van der Waals surface area contributed by atoms with Crippen molar-refractivity contribution in [1.82, 2.24) is 14.9 Å². The number of benzene rings is 1. The van der Waals surface area contributed by atoms with Crippen LogP contribution in [0.3, 0.4) is 0 Å². The summed E-state index contributed by atoms with van der Waals surface area (Å²) in [7, 11) is 0. The fourth-order valence-corrected chi connectivity index (χ4v) is 3.93. The van der Waals surface area contributed by atoms with Crippen molar-refractivity contribution in [3.8, 4) is 0 Å². The van der Waals surface area contributed by atoms with Gasteiger partial charge in [-0.2, -0.15) is 0 Å². The van der Waals surface area contributed by atoms with Crippen LogP contribution in [0.4, 0.5) is 4.79 Å². The molecule has 2 atom stereocenters. The molecule has 0 bridgehead atoms. The highest BCUT2D eigenvalue weighted by atomic mass is 16.7. The van der Waals surface area contributed by atoms with Crippen molar-refractivity contribution in [3.05, 3.63) is 35.4 Å². The largest absolute Gasteiger partial charge is 0.507 e. The number of carboxylic acid groups (broad SMARTS) is 1. The van der Waals surface area contributed by atoms with Crippen LogP contribution in [0.5, 0.6) is 0 Å². The highest BCUT2D eigenvalue weighted by Gasteiger charge is 2.49. The van der Waals surface area contributed by atoms with Gasteiger partial charge in [0.15, 0.2) is 6.23 Å². The van der Waals surface area contributed by atoms with Crippen LogP contribution >= 0.6 is 0 Å². The second kappa shape index (κ2) is 6.63. The van der Waals surface area contributed by atoms with Gasteiger partial charge in [0.1, 0.15) is 6.04 Å². The molecule has 4 rings (SSSR count). The third kappa shape index (κ3) is 2.68. The Morgan fingerprint density at radius 2 is 1.68 bits per heavy atom. The van der Waals surface area contributed by atoms with E-state index >= 15 is 0 Å². The topological polar surface area (TPSA) is 125 Å². The number of carbonyl (C=O) groups excluding carboxylic acids is 4. The Labute approximate surface area is 159 Å². The lowest BCUT2D eigenvalue weighted by Crippen LogP contribution is -2.61. The molecule has 0 aliphatic carbocycles. The average Bonchev–Trinajstić information content (AvgIpc) is 2.84. The van der Waals surface area contributed by atoms with Gasteiger partial charge in [-0.3, -0.25) is 24.1 Å². The molecule has 4 amide bonds. The summed E-state index contributed by atoms with van der Waals surface area (Å²) in [5, 5.41) is 11.1. The molecule has 2 fully saturated rings. The number of rotatable bonds is 2. The zero-order valence-corrected chi connectivity index (χ0v) is 14.7. The standard InChI is InChI=1S/C18H17N3O7/c22-13-8-7-12(20-15(23)10-4-1-2-5-11(10)16(20)24)17(25)21-14(28-18(26)27)6-3-9-19(13)21/h1-2,4-5,12,14H,3,6-9H2,(H,26,27)/t12-,14-/m0/s1. The van der Waals surface area contributed by atoms with E-state index in [0.717, 1.165) is 14.9 Å². The molecule has 10 nitrogen and oxygen atoms in total. The first-order chi connectivity index (χ1) is 13.4. The number of imide groups is 1. The molecule has 1 N–H and O–H groups in total. The smallest absolute Gasteiger partial charge is 0.450 e. The second-order valence-electron chi connectivity index (χ2n) is 6.76. The van der Waals surface area contributed by atoms with E-state index in [1.165, 1.54) is 12.1 Å². The summed E-state index contributed by atoms with van der Waals surface area (Å²) in [6, 6.07) is 5.04. The summed E-state index contributed by atoms with van der Waals surface area (Å²) in [5.41, 5.74) is 0.398. The van der Waals surface area contributed by atoms with Crippen molar-refractivity contribution in [1.29, 1.82) is 0 Å². The van der Waals surface area contributed by atoms with Gasteiger partial charge in [-0.05, 0) is 25.0 Å². The van der Waals surface area contributed by atoms with Gasteiger partial charge in [0.25, 0.3) is 17.7 Å². The Morgan fingerprint density at radius 3 is 2.29 bits per heavy atom. The number of carbonyl (C=O) groups is 5. The Hall–Kier alpha value is -3.43. The van der Waals surface area contributed by atoms with Crippen LogP contribution < -0.4 is 0 Å². The van der Waals surface area contributed by atoms with E-state index in [9.17, 15) is 24.0 Å². The molecular weight excluding hydrogens is 370 g/mol. The van der Waals surface area contributed by atoms with Crippen molar-refractivity contribution in [2.75, 3.05) is 6.54 Å². The van der Waals surface area contributed by atoms with Crippen molar-refractivity contribution in [2.45, 2.75) is 38.0 Å². The predicted octanol–water partition coefficient (Wildman–Crippen LogP) is 0.832. The van der Waals surface area contributed by atoms with Crippen LogP contribution in [0.15, 0.2) is 24.3 Å². The molecule has 3 aliphatic heterocycles. The number of nitrogens with zero attached hydrogens (tertiary/aromatic N) is 3. The molecule has 1 aromatic rings. The summed E-state index contributed by atoms with van der Waals surface area (Å²) in [5.74, 6) is -2.29. The van der Waals surface area contributed by atoms with E-state index < -0.39 is 36.1 Å². The summed E-state index contributed by atoms with van der Waals surface area (Å²) in [4.78, 5) is 63.2. The van der Waals surface area contributed by atoms with Crippen LogP contribution in [0.2, 0.25) is 0 Å². The van der Waals surface area contributed by atoms with Gasteiger partial charge < -0.3 is 9.84 Å². The Morgan fingerprint density at radius 1 is 1.04 bits per heavy atom. The van der Waals surface area contributed by atoms with E-state index in [2.05, 4.69) is 0 Å². The molecule has 0 spiro atoms. The number of amides is 4. The number of hydrogen-bond donors (Lipinski definition) is 1. The second-order valence-corrected chi connectivity index (χ2v) is 6.76. The number of hydrazine groups is 1. The Kier molecular flexibility index (Phi) is 4.25. The molecule has 0 radical (unpaired) electrons. The summed E-state index contributed by atoms with van der Waals surface area (Å²) in [6.07, 6.45) is -2.16. The molecule has 0 aromatic heterocycles. The highest BCUT2D eigenvalue weighted by Crippen LogP contribution is 2.31. The fraction of sp³-hybridized carbons (Fsp3) is 0.389. The van der Waals surface area contributed by atoms with E-state index in [-0.39, 0.29) is 42.8 Å². The van der Waals surface area contributed by atoms with Gasteiger partial charge in [-0.15, -0.1) is 0 Å². The molecule has 0 unspecified atom stereocenters. The normalized spacial score (nSPS) is 24.8.